The Bertz CT molecular complexity index is 1250. The molecule has 1 saturated heterocycles. The highest BCUT2D eigenvalue weighted by molar-refractivity contribution is 5.46. The molecule has 1 aliphatic rings. The second-order valence-corrected chi connectivity index (χ2v) is 9.60. The molecule has 1 N–H and O–H groups in total. The molecular weight excluding hydrogens is 442 g/mol. The molecule has 182 valence electrons. The zero-order valence-corrected chi connectivity index (χ0v) is 20.6. The maximum absolute atomic E-state index is 9.12. The van der Waals surface area contributed by atoms with Gasteiger partial charge in [0, 0.05) is 43.6 Å². The molecule has 3 aromatic carbocycles. The molecule has 5 rings (SSSR count). The van der Waals surface area contributed by atoms with E-state index in [4.69, 9.17) is 5.26 Å². The lowest BCUT2D eigenvalue weighted by Gasteiger charge is -2.36. The average molecular weight is 476 g/mol. The number of hydrogen-bond acceptors (Lipinski definition) is 4. The summed E-state index contributed by atoms with van der Waals surface area (Å²) in [5, 5.41) is 13.1. The van der Waals surface area contributed by atoms with E-state index in [1.165, 1.54) is 22.5 Å². The van der Waals surface area contributed by atoms with Crippen LogP contribution in [0.15, 0.2) is 97.5 Å². The van der Waals surface area contributed by atoms with Crippen LogP contribution in [0.5, 0.6) is 0 Å². The monoisotopic (exact) mass is 475 g/mol. The molecule has 1 fully saturated rings. The number of nitrogens with one attached hydrogen (secondary N) is 1. The Morgan fingerprint density at radius 3 is 2.28 bits per heavy atom. The van der Waals surface area contributed by atoms with E-state index in [2.05, 4.69) is 86.5 Å². The Morgan fingerprint density at radius 2 is 1.58 bits per heavy atom. The normalized spacial score (nSPS) is 14.9. The van der Waals surface area contributed by atoms with E-state index in [1.807, 2.05) is 36.8 Å². The molecule has 5 heteroatoms. The van der Waals surface area contributed by atoms with Crippen molar-refractivity contribution in [1.29, 1.82) is 5.26 Å². The molecule has 5 nitrogen and oxygen atoms in total. The molecule has 1 aliphatic heterocycles. The SMILES string of the molecule is N#Cc1ccc(Cn2cncc2C(CCc2ccccc2)NC2CCN(c3ccccc3)CC2)cc1. The molecular formula is C31H33N5. The zero-order valence-electron chi connectivity index (χ0n) is 20.6. The van der Waals surface area contributed by atoms with Gasteiger partial charge in [0.15, 0.2) is 0 Å². The molecule has 0 aliphatic carbocycles. The molecule has 0 amide bonds. The molecule has 0 spiro atoms. The van der Waals surface area contributed by atoms with E-state index in [0.717, 1.165) is 45.3 Å². The second kappa shape index (κ2) is 11.7. The zero-order chi connectivity index (χ0) is 24.6. The molecule has 0 bridgehead atoms. The van der Waals surface area contributed by atoms with Crippen molar-refractivity contribution in [2.75, 3.05) is 18.0 Å². The highest BCUT2D eigenvalue weighted by Gasteiger charge is 2.24. The predicted octanol–water partition coefficient (Wildman–Crippen LogP) is 5.74. The molecule has 4 aromatic rings. The van der Waals surface area contributed by atoms with Crippen LogP contribution in [0.1, 0.15) is 47.7 Å². The fraction of sp³-hybridized carbons (Fsp3) is 0.290. The van der Waals surface area contributed by atoms with E-state index in [-0.39, 0.29) is 6.04 Å². The number of nitrogens with zero attached hydrogens (tertiary/aromatic N) is 4. The second-order valence-electron chi connectivity index (χ2n) is 9.60. The van der Waals surface area contributed by atoms with E-state index < -0.39 is 0 Å². The topological polar surface area (TPSA) is 56.9 Å². The van der Waals surface area contributed by atoms with Crippen molar-refractivity contribution in [3.05, 3.63) is 120 Å². The van der Waals surface area contributed by atoms with Gasteiger partial charge in [0.1, 0.15) is 0 Å². The summed E-state index contributed by atoms with van der Waals surface area (Å²) in [5.74, 6) is 0. The minimum Gasteiger partial charge on any atom is -0.371 e. The largest absolute Gasteiger partial charge is 0.371 e. The Kier molecular flexibility index (Phi) is 7.75. The van der Waals surface area contributed by atoms with Crippen molar-refractivity contribution in [2.45, 2.75) is 44.3 Å². The third-order valence-electron chi connectivity index (χ3n) is 7.16. The van der Waals surface area contributed by atoms with Crippen LogP contribution in [0.4, 0.5) is 5.69 Å². The molecule has 2 heterocycles. The first kappa shape index (κ1) is 23.8. The first-order valence-electron chi connectivity index (χ1n) is 12.9. The number of benzene rings is 3. The van der Waals surface area contributed by atoms with Crippen LogP contribution in [0.25, 0.3) is 0 Å². The fourth-order valence-corrected chi connectivity index (χ4v) is 5.13. The lowest BCUT2D eigenvalue weighted by atomic mass is 9.98. The van der Waals surface area contributed by atoms with Gasteiger partial charge >= 0.3 is 0 Å². The van der Waals surface area contributed by atoms with Crippen LogP contribution in [-0.2, 0) is 13.0 Å². The standard InChI is InChI=1S/C31H33N5/c32-21-26-11-13-27(14-12-26)23-36-24-33-22-31(36)30(16-15-25-7-3-1-4-8-25)34-28-17-19-35(20-18-28)29-9-5-2-6-10-29/h1-14,22,24,28,30,34H,15-20,23H2. The maximum Gasteiger partial charge on any atom is 0.0991 e. The summed E-state index contributed by atoms with van der Waals surface area (Å²) in [6, 6.07) is 32.2. The summed E-state index contributed by atoms with van der Waals surface area (Å²) >= 11 is 0. The van der Waals surface area contributed by atoms with Gasteiger partial charge in [0.05, 0.1) is 23.7 Å². The first-order valence-corrected chi connectivity index (χ1v) is 12.9. The van der Waals surface area contributed by atoms with Gasteiger partial charge in [-0.1, -0.05) is 60.7 Å². The number of imidazole rings is 1. The van der Waals surface area contributed by atoms with E-state index in [9.17, 15) is 0 Å². The fourth-order valence-electron chi connectivity index (χ4n) is 5.13. The number of rotatable bonds is 9. The van der Waals surface area contributed by atoms with E-state index in [1.54, 1.807) is 0 Å². The summed E-state index contributed by atoms with van der Waals surface area (Å²) in [6.07, 6.45) is 8.24. The maximum atomic E-state index is 9.12. The first-order chi connectivity index (χ1) is 17.8. The van der Waals surface area contributed by atoms with Crippen molar-refractivity contribution in [3.63, 3.8) is 0 Å². The molecule has 1 atom stereocenters. The van der Waals surface area contributed by atoms with Gasteiger partial charge in [-0.25, -0.2) is 4.98 Å². The van der Waals surface area contributed by atoms with Crippen LogP contribution >= 0.6 is 0 Å². The van der Waals surface area contributed by atoms with Gasteiger partial charge < -0.3 is 14.8 Å². The van der Waals surface area contributed by atoms with Gasteiger partial charge in [0.2, 0.25) is 0 Å². The van der Waals surface area contributed by atoms with Crippen molar-refractivity contribution in [3.8, 4) is 6.07 Å². The van der Waals surface area contributed by atoms with Crippen molar-refractivity contribution in [2.24, 2.45) is 0 Å². The summed E-state index contributed by atoms with van der Waals surface area (Å²) in [5.41, 5.74) is 5.76. The van der Waals surface area contributed by atoms with E-state index >= 15 is 0 Å². The predicted molar refractivity (Wildman–Crippen MR) is 145 cm³/mol. The van der Waals surface area contributed by atoms with Gasteiger partial charge in [-0.2, -0.15) is 5.26 Å². The summed E-state index contributed by atoms with van der Waals surface area (Å²) in [6.45, 7) is 2.88. The van der Waals surface area contributed by atoms with E-state index in [0.29, 0.717) is 11.6 Å². The molecule has 1 unspecified atom stereocenters. The number of anilines is 1. The van der Waals surface area contributed by atoms with Crippen LogP contribution in [-0.4, -0.2) is 28.7 Å². The van der Waals surface area contributed by atoms with Gasteiger partial charge in [-0.15, -0.1) is 0 Å². The average Bonchev–Trinajstić information content (AvgIpc) is 3.41. The lowest BCUT2D eigenvalue weighted by molar-refractivity contribution is 0.350. The summed E-state index contributed by atoms with van der Waals surface area (Å²) in [7, 11) is 0. The van der Waals surface area contributed by atoms with Crippen molar-refractivity contribution < 1.29 is 0 Å². The van der Waals surface area contributed by atoms with Gasteiger partial charge in [-0.3, -0.25) is 0 Å². The highest BCUT2D eigenvalue weighted by Crippen LogP contribution is 2.25. The number of aromatic nitrogens is 2. The third kappa shape index (κ3) is 6.02. The number of hydrogen-bond donors (Lipinski definition) is 1. The molecule has 0 saturated carbocycles. The lowest BCUT2D eigenvalue weighted by Crippen LogP contribution is -2.44. The van der Waals surface area contributed by atoms with Crippen molar-refractivity contribution in [1.82, 2.24) is 14.9 Å². The number of nitriles is 1. The molecule has 1 aromatic heterocycles. The van der Waals surface area contributed by atoms with Crippen LogP contribution in [0, 0.1) is 11.3 Å². The Hall–Kier alpha value is -3.88. The molecule has 36 heavy (non-hydrogen) atoms. The number of piperidine rings is 1. The van der Waals surface area contributed by atoms with Crippen LogP contribution in [0.2, 0.25) is 0 Å². The van der Waals surface area contributed by atoms with Gasteiger partial charge in [-0.05, 0) is 61.1 Å². The minimum absolute atomic E-state index is 0.222. The summed E-state index contributed by atoms with van der Waals surface area (Å²) < 4.78 is 2.25. The Balaban J connectivity index is 1.29. The quantitative estimate of drug-likeness (QED) is 0.336. The number of para-hydroxylation sites is 1. The van der Waals surface area contributed by atoms with Crippen LogP contribution in [0.3, 0.4) is 0 Å². The third-order valence-corrected chi connectivity index (χ3v) is 7.16. The highest BCUT2D eigenvalue weighted by atomic mass is 15.2. The van der Waals surface area contributed by atoms with Gasteiger partial charge in [0.25, 0.3) is 0 Å². The number of aryl methyl sites for hydroxylation is 1. The summed E-state index contributed by atoms with van der Waals surface area (Å²) in [4.78, 5) is 7.03. The van der Waals surface area contributed by atoms with Crippen molar-refractivity contribution >= 4 is 5.69 Å². The Morgan fingerprint density at radius 1 is 0.889 bits per heavy atom. The minimum atomic E-state index is 0.222. The van der Waals surface area contributed by atoms with Crippen LogP contribution < -0.4 is 10.2 Å². The molecule has 0 radical (unpaired) electrons. The smallest absolute Gasteiger partial charge is 0.0991 e. The Labute approximate surface area is 214 Å².